The number of carbonyl (C=O) groups excluding carboxylic acids is 1. The molecule has 3 atom stereocenters. The maximum atomic E-state index is 13.2. The van der Waals surface area contributed by atoms with Gasteiger partial charge in [-0.25, -0.2) is 15.0 Å². The molecule has 3 fully saturated rings. The van der Waals surface area contributed by atoms with Gasteiger partial charge in [-0.3, -0.25) is 4.79 Å². The molecule has 1 aliphatic carbocycles. The number of ether oxygens (including phenoxy) is 1. The number of aromatic nitrogens is 3. The zero-order valence-corrected chi connectivity index (χ0v) is 20.6. The summed E-state index contributed by atoms with van der Waals surface area (Å²) >= 11 is 0. The maximum Gasteiger partial charge on any atom is 0.254 e. The lowest BCUT2D eigenvalue weighted by Gasteiger charge is -2.50. The topological polar surface area (TPSA) is 98.5 Å². The zero-order chi connectivity index (χ0) is 24.4. The van der Waals surface area contributed by atoms with Crippen molar-refractivity contribution in [1.82, 2.24) is 19.9 Å². The molecule has 1 spiro atoms. The van der Waals surface area contributed by atoms with Crippen LogP contribution < -0.4 is 9.80 Å². The van der Waals surface area contributed by atoms with Gasteiger partial charge in [-0.05, 0) is 45.7 Å². The third-order valence-corrected chi connectivity index (χ3v) is 8.49. The molecular weight excluding hydrogens is 442 g/mol. The summed E-state index contributed by atoms with van der Waals surface area (Å²) in [5.74, 6) is 2.72. The van der Waals surface area contributed by atoms with Gasteiger partial charge in [0.2, 0.25) is 0 Å². The Morgan fingerprint density at radius 2 is 1.91 bits per heavy atom. The molecule has 35 heavy (non-hydrogen) atoms. The fraction of sp³-hybridized carbons (Fsp3) is 0.577. The van der Waals surface area contributed by atoms with E-state index in [4.69, 9.17) is 14.7 Å². The van der Waals surface area contributed by atoms with E-state index in [9.17, 15) is 10.1 Å². The average Bonchev–Trinajstić information content (AvgIpc) is 3.20. The predicted octanol–water partition coefficient (Wildman–Crippen LogP) is 2.92. The van der Waals surface area contributed by atoms with Gasteiger partial charge in [0.25, 0.3) is 5.91 Å². The number of piperazine rings is 1. The summed E-state index contributed by atoms with van der Waals surface area (Å²) < 4.78 is 5.65. The van der Waals surface area contributed by atoms with E-state index >= 15 is 0 Å². The first-order chi connectivity index (χ1) is 16.8. The van der Waals surface area contributed by atoms with Gasteiger partial charge in [0.05, 0.1) is 18.2 Å². The number of fused-ring (bicyclic) bond motifs is 2. The van der Waals surface area contributed by atoms with Gasteiger partial charge < -0.3 is 19.4 Å². The number of amides is 1. The number of hydrogen-bond acceptors (Lipinski definition) is 8. The molecule has 3 aliphatic heterocycles. The molecule has 0 unspecified atom stereocenters. The lowest BCUT2D eigenvalue weighted by molar-refractivity contribution is -0.184. The fourth-order valence-corrected chi connectivity index (χ4v) is 6.14. The van der Waals surface area contributed by atoms with E-state index in [0.29, 0.717) is 25.3 Å². The molecule has 2 aromatic rings. The minimum absolute atomic E-state index is 0.000582. The van der Waals surface area contributed by atoms with Crippen LogP contribution in [0.25, 0.3) is 0 Å². The molecule has 2 aromatic heterocycles. The predicted molar refractivity (Wildman–Crippen MR) is 130 cm³/mol. The number of anilines is 3. The minimum Gasteiger partial charge on any atom is -0.365 e. The van der Waals surface area contributed by atoms with Gasteiger partial charge in [-0.1, -0.05) is 6.42 Å². The van der Waals surface area contributed by atoms with Crippen molar-refractivity contribution in [3.05, 3.63) is 35.8 Å². The van der Waals surface area contributed by atoms with Crippen LogP contribution in [0.2, 0.25) is 0 Å². The van der Waals surface area contributed by atoms with E-state index in [1.807, 2.05) is 17.9 Å². The molecule has 0 bridgehead atoms. The van der Waals surface area contributed by atoms with Crippen LogP contribution in [0.1, 0.15) is 57.6 Å². The Morgan fingerprint density at radius 1 is 1.14 bits per heavy atom. The number of nitrogens with zero attached hydrogens (tertiary/aromatic N) is 7. The van der Waals surface area contributed by atoms with Crippen LogP contribution >= 0.6 is 0 Å². The Labute approximate surface area is 205 Å². The van der Waals surface area contributed by atoms with Crippen LogP contribution in [0.4, 0.5) is 17.5 Å². The molecule has 1 amide bonds. The van der Waals surface area contributed by atoms with E-state index in [1.165, 1.54) is 12.0 Å². The smallest absolute Gasteiger partial charge is 0.254 e. The van der Waals surface area contributed by atoms with Crippen LogP contribution in [-0.2, 0) is 14.9 Å². The molecule has 1 saturated carbocycles. The highest BCUT2D eigenvalue weighted by Crippen LogP contribution is 2.56. The Bertz CT molecular complexity index is 1220. The summed E-state index contributed by atoms with van der Waals surface area (Å²) in [6, 6.07) is 5.95. The highest BCUT2D eigenvalue weighted by atomic mass is 16.5. The molecule has 2 saturated heterocycles. The molecule has 182 valence electrons. The molecule has 0 aromatic carbocycles. The third-order valence-electron chi connectivity index (χ3n) is 8.49. The highest BCUT2D eigenvalue weighted by molar-refractivity contribution is 5.86. The Hall–Kier alpha value is -3.25. The highest BCUT2D eigenvalue weighted by Gasteiger charge is 2.52. The largest absolute Gasteiger partial charge is 0.365 e. The van der Waals surface area contributed by atoms with E-state index in [0.717, 1.165) is 43.3 Å². The summed E-state index contributed by atoms with van der Waals surface area (Å²) in [4.78, 5) is 33.9. The molecule has 0 radical (unpaired) electrons. The SMILES string of the molecule is C[C@@H]1CN(c2ncnc3c2C2(CCC2)CN3c2cc(C#N)ccn2)[C@@H](C)CN1C(=O)[C@]1(C)CCO1. The molecule has 5 heterocycles. The van der Waals surface area contributed by atoms with Crippen molar-refractivity contribution in [2.45, 2.75) is 69.6 Å². The van der Waals surface area contributed by atoms with Crippen molar-refractivity contribution in [2.75, 3.05) is 36.0 Å². The first kappa shape index (κ1) is 22.2. The summed E-state index contributed by atoms with van der Waals surface area (Å²) in [7, 11) is 0. The average molecular weight is 474 g/mol. The Kier molecular flexibility index (Phi) is 5.01. The van der Waals surface area contributed by atoms with Crippen molar-refractivity contribution in [3.63, 3.8) is 0 Å². The number of pyridine rings is 1. The van der Waals surface area contributed by atoms with Crippen molar-refractivity contribution >= 4 is 23.4 Å². The summed E-state index contributed by atoms with van der Waals surface area (Å²) in [5.41, 5.74) is 1.11. The summed E-state index contributed by atoms with van der Waals surface area (Å²) in [5, 5.41) is 9.39. The minimum atomic E-state index is -0.673. The van der Waals surface area contributed by atoms with Crippen LogP contribution in [0.15, 0.2) is 24.7 Å². The molecule has 9 nitrogen and oxygen atoms in total. The molecular formula is C26H31N7O2. The quantitative estimate of drug-likeness (QED) is 0.671. The fourth-order valence-electron chi connectivity index (χ4n) is 6.14. The van der Waals surface area contributed by atoms with E-state index < -0.39 is 5.60 Å². The van der Waals surface area contributed by atoms with Gasteiger partial charge in [0.15, 0.2) is 0 Å². The van der Waals surface area contributed by atoms with Crippen molar-refractivity contribution in [2.24, 2.45) is 0 Å². The summed E-state index contributed by atoms with van der Waals surface area (Å²) in [6.45, 7) is 9.00. The van der Waals surface area contributed by atoms with Gasteiger partial charge in [-0.2, -0.15) is 5.26 Å². The lowest BCUT2D eigenvalue weighted by Crippen LogP contribution is -2.64. The van der Waals surface area contributed by atoms with Crippen LogP contribution in [0, 0.1) is 11.3 Å². The van der Waals surface area contributed by atoms with Gasteiger partial charge in [-0.15, -0.1) is 0 Å². The third kappa shape index (κ3) is 3.30. The van der Waals surface area contributed by atoms with Crippen LogP contribution in [0.3, 0.4) is 0 Å². The van der Waals surface area contributed by atoms with Gasteiger partial charge in [0.1, 0.15) is 29.4 Å². The van der Waals surface area contributed by atoms with Crippen LogP contribution in [-0.4, -0.2) is 69.7 Å². The lowest BCUT2D eigenvalue weighted by atomic mass is 9.66. The molecule has 6 rings (SSSR count). The molecule has 4 aliphatic rings. The molecule has 9 heteroatoms. The first-order valence-electron chi connectivity index (χ1n) is 12.6. The number of nitriles is 1. The van der Waals surface area contributed by atoms with Gasteiger partial charge >= 0.3 is 0 Å². The van der Waals surface area contributed by atoms with E-state index in [-0.39, 0.29) is 23.4 Å². The zero-order valence-electron chi connectivity index (χ0n) is 20.6. The number of hydrogen-bond donors (Lipinski definition) is 0. The normalized spacial score (nSPS) is 28.8. The standard InChI is InChI=1S/C26H31N7O2/c1-17-14-32(24(34)25(3)8-10-35-25)18(2)13-31(17)22-21-23(30-16-29-22)33(15-26(21)6-4-7-26)20-11-19(12-27)5-9-28-20/h5,9,11,16-18H,4,6-8,10,13-15H2,1-3H3/t17-,18+,25-/m0/s1. The van der Waals surface area contributed by atoms with Gasteiger partial charge in [0, 0.05) is 55.3 Å². The monoisotopic (exact) mass is 473 g/mol. The van der Waals surface area contributed by atoms with Crippen molar-refractivity contribution in [1.29, 1.82) is 5.26 Å². The Balaban J connectivity index is 1.35. The second-order valence-corrected chi connectivity index (χ2v) is 10.8. The maximum absolute atomic E-state index is 13.2. The second-order valence-electron chi connectivity index (χ2n) is 10.8. The number of carbonyl (C=O) groups is 1. The number of rotatable bonds is 3. The Morgan fingerprint density at radius 3 is 2.57 bits per heavy atom. The second kappa shape index (κ2) is 7.89. The van der Waals surface area contributed by atoms with Crippen molar-refractivity contribution < 1.29 is 9.53 Å². The van der Waals surface area contributed by atoms with Crippen LogP contribution in [0.5, 0.6) is 0 Å². The molecule has 0 N–H and O–H groups in total. The van der Waals surface area contributed by atoms with E-state index in [2.05, 4.69) is 34.7 Å². The van der Waals surface area contributed by atoms with Crippen molar-refractivity contribution in [3.8, 4) is 6.07 Å². The summed E-state index contributed by atoms with van der Waals surface area (Å²) in [6.07, 6.45) is 7.48. The van der Waals surface area contributed by atoms with E-state index in [1.54, 1.807) is 18.6 Å². The first-order valence-corrected chi connectivity index (χ1v) is 12.6.